The van der Waals surface area contributed by atoms with Crippen LogP contribution in [0, 0.1) is 0 Å². The Morgan fingerprint density at radius 1 is 1.36 bits per heavy atom. The van der Waals surface area contributed by atoms with E-state index in [1.54, 1.807) is 24.3 Å². The van der Waals surface area contributed by atoms with Crippen molar-refractivity contribution >= 4 is 41.1 Å². The van der Waals surface area contributed by atoms with Crippen molar-refractivity contribution in [1.29, 1.82) is 0 Å². The van der Waals surface area contributed by atoms with Crippen LogP contribution in [0.5, 0.6) is 5.75 Å². The number of hydrogen-bond donors (Lipinski definition) is 2. The molecule has 1 saturated heterocycles. The molecule has 0 spiro atoms. The van der Waals surface area contributed by atoms with Gasteiger partial charge in [-0.1, -0.05) is 0 Å². The third-order valence-electron chi connectivity index (χ3n) is 3.58. The third-order valence-corrected chi connectivity index (χ3v) is 4.87. The quantitative estimate of drug-likeness (QED) is 0.681. The number of carbonyl (C=O) groups excluding carboxylic acids is 3. The number of ether oxygens (including phenoxy) is 1. The minimum absolute atomic E-state index is 0.00491. The van der Waals surface area contributed by atoms with E-state index in [4.69, 9.17) is 9.84 Å². The lowest BCUT2D eigenvalue weighted by molar-refractivity contribution is -0.140. The van der Waals surface area contributed by atoms with Crippen LogP contribution in [0.1, 0.15) is 13.3 Å². The number of hydrogen-bond acceptors (Lipinski definition) is 6. The Morgan fingerprint density at radius 3 is 2.52 bits per heavy atom. The lowest BCUT2D eigenvalue weighted by Crippen LogP contribution is -2.42. The Bertz CT molecular complexity index is 690. The number of carboxylic acids is 1. The fraction of sp³-hybridized carbons (Fsp3) is 0.375. The van der Waals surface area contributed by atoms with Crippen molar-refractivity contribution in [3.8, 4) is 5.75 Å². The van der Waals surface area contributed by atoms with Gasteiger partial charge in [-0.15, -0.1) is 11.8 Å². The molecule has 2 rings (SSSR count). The van der Waals surface area contributed by atoms with Gasteiger partial charge >= 0.3 is 5.97 Å². The normalized spacial score (nSPS) is 18.2. The number of carbonyl (C=O) groups is 4. The summed E-state index contributed by atoms with van der Waals surface area (Å²) in [6, 6.07) is 5.40. The van der Waals surface area contributed by atoms with E-state index < -0.39 is 29.1 Å². The van der Waals surface area contributed by atoms with Crippen LogP contribution in [0.4, 0.5) is 5.69 Å². The SMILES string of the molecule is COc1ccc(N2C(=O)C[C@H](SC[C@H](NC(C)=O)C(=O)O)C2=O)cc1. The Morgan fingerprint density at radius 2 is 2.00 bits per heavy atom. The molecule has 1 fully saturated rings. The van der Waals surface area contributed by atoms with E-state index in [1.807, 2.05) is 0 Å². The highest BCUT2D eigenvalue weighted by molar-refractivity contribution is 8.00. The second-order valence-electron chi connectivity index (χ2n) is 5.38. The largest absolute Gasteiger partial charge is 0.497 e. The maximum atomic E-state index is 12.5. The van der Waals surface area contributed by atoms with E-state index in [0.29, 0.717) is 11.4 Å². The molecule has 134 valence electrons. The molecular weight excluding hydrogens is 348 g/mol. The van der Waals surface area contributed by atoms with E-state index in [0.717, 1.165) is 16.7 Å². The molecule has 1 aliphatic rings. The number of aliphatic carboxylic acids is 1. The van der Waals surface area contributed by atoms with Crippen LogP contribution in [0.2, 0.25) is 0 Å². The number of nitrogens with one attached hydrogen (secondary N) is 1. The Labute approximate surface area is 148 Å². The summed E-state index contributed by atoms with van der Waals surface area (Å²) < 4.78 is 5.04. The number of thioether (sulfide) groups is 1. The van der Waals surface area contributed by atoms with Crippen LogP contribution in [0.15, 0.2) is 24.3 Å². The van der Waals surface area contributed by atoms with Gasteiger partial charge in [-0.05, 0) is 24.3 Å². The van der Waals surface area contributed by atoms with Crippen molar-refractivity contribution in [2.45, 2.75) is 24.6 Å². The Hall–Kier alpha value is -2.55. The van der Waals surface area contributed by atoms with E-state index in [9.17, 15) is 19.2 Å². The van der Waals surface area contributed by atoms with Gasteiger partial charge in [-0.25, -0.2) is 9.69 Å². The van der Waals surface area contributed by atoms with Gasteiger partial charge < -0.3 is 15.2 Å². The van der Waals surface area contributed by atoms with Gasteiger partial charge in [0, 0.05) is 19.1 Å². The zero-order valence-corrected chi connectivity index (χ0v) is 14.5. The molecule has 9 heteroatoms. The molecule has 0 unspecified atom stereocenters. The lowest BCUT2D eigenvalue weighted by atomic mass is 10.3. The predicted octanol–water partition coefficient (Wildman–Crippen LogP) is 0.650. The predicted molar refractivity (Wildman–Crippen MR) is 91.6 cm³/mol. The van der Waals surface area contributed by atoms with E-state index in [2.05, 4.69) is 5.32 Å². The highest BCUT2D eigenvalue weighted by Gasteiger charge is 2.40. The molecule has 0 bridgehead atoms. The van der Waals surface area contributed by atoms with E-state index in [1.165, 1.54) is 14.0 Å². The first-order valence-electron chi connectivity index (χ1n) is 7.46. The van der Waals surface area contributed by atoms with Crippen LogP contribution in [-0.2, 0) is 19.2 Å². The molecule has 1 aromatic rings. The molecule has 0 aliphatic carbocycles. The highest BCUT2D eigenvalue weighted by Crippen LogP contribution is 2.30. The number of carboxylic acid groups (broad SMARTS) is 1. The minimum Gasteiger partial charge on any atom is -0.497 e. The summed E-state index contributed by atoms with van der Waals surface area (Å²) >= 11 is 1.05. The standard InChI is InChI=1S/C16H18N2O6S/c1-9(19)17-12(16(22)23)8-25-13-7-14(20)18(15(13)21)10-3-5-11(24-2)6-4-10/h3-6,12-13H,7-8H2,1-2H3,(H,17,19)(H,22,23)/t12-,13-/m0/s1. The number of benzene rings is 1. The van der Waals surface area contributed by atoms with Crippen molar-refractivity contribution in [2.24, 2.45) is 0 Å². The van der Waals surface area contributed by atoms with Crippen molar-refractivity contribution in [3.63, 3.8) is 0 Å². The molecule has 0 aromatic heterocycles. The van der Waals surface area contributed by atoms with Gasteiger partial charge in [-0.2, -0.15) is 0 Å². The molecule has 2 N–H and O–H groups in total. The summed E-state index contributed by atoms with van der Waals surface area (Å²) in [4.78, 5) is 47.9. The van der Waals surface area contributed by atoms with Crippen molar-refractivity contribution in [3.05, 3.63) is 24.3 Å². The molecular formula is C16H18N2O6S. The zero-order chi connectivity index (χ0) is 18.6. The van der Waals surface area contributed by atoms with Crippen molar-refractivity contribution in [2.75, 3.05) is 17.8 Å². The molecule has 0 saturated carbocycles. The van der Waals surface area contributed by atoms with E-state index >= 15 is 0 Å². The first-order chi connectivity index (χ1) is 11.8. The average molecular weight is 366 g/mol. The van der Waals surface area contributed by atoms with Crippen LogP contribution in [0.3, 0.4) is 0 Å². The number of nitrogens with zero attached hydrogens (tertiary/aromatic N) is 1. The van der Waals surface area contributed by atoms with Crippen LogP contribution < -0.4 is 15.0 Å². The van der Waals surface area contributed by atoms with Crippen LogP contribution in [-0.4, -0.2) is 53.0 Å². The first-order valence-corrected chi connectivity index (χ1v) is 8.50. The second-order valence-corrected chi connectivity index (χ2v) is 6.62. The summed E-state index contributed by atoms with van der Waals surface area (Å²) in [6.07, 6.45) is -0.0120. The fourth-order valence-corrected chi connectivity index (χ4v) is 3.53. The zero-order valence-electron chi connectivity index (χ0n) is 13.7. The Kier molecular flexibility index (Phi) is 6.02. The van der Waals surface area contributed by atoms with Crippen molar-refractivity contribution < 1.29 is 29.0 Å². The molecule has 25 heavy (non-hydrogen) atoms. The molecule has 8 nitrogen and oxygen atoms in total. The average Bonchev–Trinajstić information content (AvgIpc) is 2.85. The summed E-state index contributed by atoms with van der Waals surface area (Å²) in [5.74, 6) is -1.80. The third kappa shape index (κ3) is 4.50. The van der Waals surface area contributed by atoms with Gasteiger partial charge in [0.15, 0.2) is 0 Å². The van der Waals surface area contributed by atoms with Gasteiger partial charge in [0.1, 0.15) is 11.8 Å². The molecule has 2 atom stereocenters. The second kappa shape index (κ2) is 8.02. The molecule has 1 heterocycles. The van der Waals surface area contributed by atoms with E-state index in [-0.39, 0.29) is 18.1 Å². The number of imide groups is 1. The maximum absolute atomic E-state index is 12.5. The summed E-state index contributed by atoms with van der Waals surface area (Å²) in [5, 5.41) is 10.7. The van der Waals surface area contributed by atoms with Gasteiger partial charge in [-0.3, -0.25) is 14.4 Å². The van der Waals surface area contributed by atoms with Crippen LogP contribution >= 0.6 is 11.8 Å². The number of rotatable bonds is 7. The maximum Gasteiger partial charge on any atom is 0.327 e. The summed E-state index contributed by atoms with van der Waals surface area (Å²) in [5.41, 5.74) is 0.440. The summed E-state index contributed by atoms with van der Waals surface area (Å²) in [7, 11) is 1.52. The van der Waals surface area contributed by atoms with Gasteiger partial charge in [0.25, 0.3) is 0 Å². The number of amides is 3. The topological polar surface area (TPSA) is 113 Å². The number of anilines is 1. The molecule has 3 amide bonds. The summed E-state index contributed by atoms with van der Waals surface area (Å²) in [6.45, 7) is 1.22. The molecule has 1 aromatic carbocycles. The smallest absolute Gasteiger partial charge is 0.327 e. The molecule has 0 radical (unpaired) electrons. The fourth-order valence-electron chi connectivity index (χ4n) is 2.37. The van der Waals surface area contributed by atoms with Gasteiger partial charge in [0.05, 0.1) is 18.0 Å². The number of methoxy groups -OCH3 is 1. The lowest BCUT2D eigenvalue weighted by Gasteiger charge is -2.17. The van der Waals surface area contributed by atoms with Crippen molar-refractivity contribution in [1.82, 2.24) is 5.32 Å². The Balaban J connectivity index is 2.04. The van der Waals surface area contributed by atoms with Gasteiger partial charge in [0.2, 0.25) is 17.7 Å². The highest BCUT2D eigenvalue weighted by atomic mass is 32.2. The first kappa shape index (κ1) is 18.8. The monoisotopic (exact) mass is 366 g/mol. The van der Waals surface area contributed by atoms with Crippen LogP contribution in [0.25, 0.3) is 0 Å². The molecule has 1 aliphatic heterocycles. The minimum atomic E-state index is -1.19.